The third-order valence-electron chi connectivity index (χ3n) is 3.56. The van der Waals surface area contributed by atoms with Crippen LogP contribution in [0.15, 0.2) is 12.2 Å². The molecule has 1 amide bonds. The lowest BCUT2D eigenvalue weighted by Crippen LogP contribution is -2.51. The fourth-order valence-corrected chi connectivity index (χ4v) is 2.64. The van der Waals surface area contributed by atoms with Crippen molar-refractivity contribution in [1.82, 2.24) is 10.6 Å². The molecule has 0 bridgehead atoms. The van der Waals surface area contributed by atoms with Crippen LogP contribution in [0, 0.1) is 5.41 Å². The van der Waals surface area contributed by atoms with Crippen LogP contribution in [0.2, 0.25) is 0 Å². The molecule has 110 valence electrons. The number of hydrogen-bond acceptors (Lipinski definition) is 3. The third-order valence-corrected chi connectivity index (χ3v) is 3.56. The number of piperidine rings is 1. The Morgan fingerprint density at radius 2 is 2.32 bits per heavy atom. The van der Waals surface area contributed by atoms with E-state index in [0.717, 1.165) is 44.3 Å². The Hall–Kier alpha value is -0.870. The van der Waals surface area contributed by atoms with Gasteiger partial charge in [-0.15, -0.1) is 0 Å². The van der Waals surface area contributed by atoms with Gasteiger partial charge in [-0.05, 0) is 32.7 Å². The molecule has 0 radical (unpaired) electrons. The second-order valence-corrected chi connectivity index (χ2v) is 5.58. The van der Waals surface area contributed by atoms with Crippen molar-refractivity contribution in [3.05, 3.63) is 12.2 Å². The molecule has 19 heavy (non-hydrogen) atoms. The second-order valence-electron chi connectivity index (χ2n) is 5.58. The van der Waals surface area contributed by atoms with E-state index in [-0.39, 0.29) is 11.3 Å². The van der Waals surface area contributed by atoms with E-state index in [1.165, 1.54) is 0 Å². The fourth-order valence-electron chi connectivity index (χ4n) is 2.64. The van der Waals surface area contributed by atoms with Crippen LogP contribution in [-0.4, -0.2) is 38.8 Å². The van der Waals surface area contributed by atoms with E-state index in [9.17, 15) is 4.79 Å². The summed E-state index contributed by atoms with van der Waals surface area (Å²) in [5.41, 5.74) is 0.798. The van der Waals surface area contributed by atoms with E-state index in [0.29, 0.717) is 19.8 Å². The molecule has 4 nitrogen and oxygen atoms in total. The van der Waals surface area contributed by atoms with Crippen molar-refractivity contribution in [2.45, 2.75) is 39.5 Å². The zero-order chi connectivity index (χ0) is 14.1. The molecular formula is C15H28N2O2. The van der Waals surface area contributed by atoms with Crippen LogP contribution < -0.4 is 10.6 Å². The highest BCUT2D eigenvalue weighted by atomic mass is 16.5. The van der Waals surface area contributed by atoms with E-state index in [4.69, 9.17) is 4.74 Å². The monoisotopic (exact) mass is 268 g/mol. The fraction of sp³-hybridized carbons (Fsp3) is 0.800. The first-order chi connectivity index (χ1) is 9.10. The Morgan fingerprint density at radius 3 is 2.89 bits per heavy atom. The average Bonchev–Trinajstić information content (AvgIpc) is 2.39. The molecule has 1 rings (SSSR count). The highest BCUT2D eigenvalue weighted by molar-refractivity contribution is 5.83. The molecule has 1 heterocycles. The standard InChI is InChI=1S/C15H28N2O2/c1-4-6-15(7-5-8-16-12-15)14(18)17-9-10-19-11-13(2)3/h16H,2,4-12H2,1,3H3,(H,17,18). The summed E-state index contributed by atoms with van der Waals surface area (Å²) in [7, 11) is 0. The molecule has 0 spiro atoms. The van der Waals surface area contributed by atoms with Gasteiger partial charge in [0.1, 0.15) is 0 Å². The Balaban J connectivity index is 2.33. The van der Waals surface area contributed by atoms with E-state index < -0.39 is 0 Å². The van der Waals surface area contributed by atoms with Gasteiger partial charge in [0.15, 0.2) is 0 Å². The lowest BCUT2D eigenvalue weighted by molar-refractivity contribution is -0.132. The summed E-state index contributed by atoms with van der Waals surface area (Å²) in [6.45, 7) is 11.4. The second kappa shape index (κ2) is 8.33. The van der Waals surface area contributed by atoms with Crippen molar-refractivity contribution in [1.29, 1.82) is 0 Å². The van der Waals surface area contributed by atoms with Gasteiger partial charge in [-0.2, -0.15) is 0 Å². The van der Waals surface area contributed by atoms with Gasteiger partial charge in [0.2, 0.25) is 5.91 Å². The summed E-state index contributed by atoms with van der Waals surface area (Å²) < 4.78 is 5.40. The van der Waals surface area contributed by atoms with E-state index in [1.807, 2.05) is 6.92 Å². The highest BCUT2D eigenvalue weighted by Crippen LogP contribution is 2.31. The molecule has 0 aromatic heterocycles. The molecule has 1 unspecified atom stereocenters. The van der Waals surface area contributed by atoms with E-state index in [1.54, 1.807) is 0 Å². The zero-order valence-electron chi connectivity index (χ0n) is 12.4. The topological polar surface area (TPSA) is 50.4 Å². The van der Waals surface area contributed by atoms with Crippen molar-refractivity contribution < 1.29 is 9.53 Å². The predicted molar refractivity (Wildman–Crippen MR) is 78.1 cm³/mol. The van der Waals surface area contributed by atoms with Crippen molar-refractivity contribution in [3.63, 3.8) is 0 Å². The van der Waals surface area contributed by atoms with E-state index in [2.05, 4.69) is 24.1 Å². The summed E-state index contributed by atoms with van der Waals surface area (Å²) in [5, 5.41) is 6.37. The summed E-state index contributed by atoms with van der Waals surface area (Å²) in [5.74, 6) is 0.181. The average molecular weight is 268 g/mol. The molecule has 0 aromatic carbocycles. The molecule has 1 saturated heterocycles. The van der Waals surface area contributed by atoms with Crippen molar-refractivity contribution in [3.8, 4) is 0 Å². The van der Waals surface area contributed by atoms with Crippen molar-refractivity contribution in [2.75, 3.05) is 32.8 Å². The Bertz CT molecular complexity index is 291. The third kappa shape index (κ3) is 5.33. The van der Waals surface area contributed by atoms with Crippen molar-refractivity contribution in [2.24, 2.45) is 5.41 Å². The lowest BCUT2D eigenvalue weighted by Gasteiger charge is -2.36. The number of ether oxygens (including phenoxy) is 1. The molecular weight excluding hydrogens is 240 g/mol. The van der Waals surface area contributed by atoms with Gasteiger partial charge in [-0.3, -0.25) is 4.79 Å². The quantitative estimate of drug-likeness (QED) is 0.522. The highest BCUT2D eigenvalue weighted by Gasteiger charge is 2.38. The van der Waals surface area contributed by atoms with Crippen LogP contribution in [0.1, 0.15) is 39.5 Å². The molecule has 1 fully saturated rings. The number of hydrogen-bond donors (Lipinski definition) is 2. The maximum atomic E-state index is 12.4. The summed E-state index contributed by atoms with van der Waals surface area (Å²) in [4.78, 5) is 12.4. The molecule has 0 saturated carbocycles. The van der Waals surface area contributed by atoms with Crippen LogP contribution in [0.4, 0.5) is 0 Å². The SMILES string of the molecule is C=C(C)COCCNC(=O)C1(CCC)CCCNC1. The maximum absolute atomic E-state index is 12.4. The zero-order valence-corrected chi connectivity index (χ0v) is 12.4. The van der Waals surface area contributed by atoms with Crippen molar-refractivity contribution >= 4 is 5.91 Å². The normalized spacial score (nSPS) is 23.1. The minimum atomic E-state index is -0.207. The van der Waals surface area contributed by atoms with Gasteiger partial charge < -0.3 is 15.4 Å². The Morgan fingerprint density at radius 1 is 1.53 bits per heavy atom. The van der Waals surface area contributed by atoms with Crippen LogP contribution in [0.5, 0.6) is 0 Å². The molecule has 0 aromatic rings. The first-order valence-electron chi connectivity index (χ1n) is 7.32. The Kier molecular flexibility index (Phi) is 7.10. The number of carbonyl (C=O) groups excluding carboxylic acids is 1. The number of nitrogens with one attached hydrogen (secondary N) is 2. The summed E-state index contributed by atoms with van der Waals surface area (Å²) in [6, 6.07) is 0. The first-order valence-corrected chi connectivity index (χ1v) is 7.32. The van der Waals surface area contributed by atoms with Crippen LogP contribution in [0.3, 0.4) is 0 Å². The lowest BCUT2D eigenvalue weighted by atomic mass is 9.76. The smallest absolute Gasteiger partial charge is 0.227 e. The number of amides is 1. The molecule has 1 atom stereocenters. The molecule has 4 heteroatoms. The van der Waals surface area contributed by atoms with Crippen LogP contribution in [0.25, 0.3) is 0 Å². The largest absolute Gasteiger partial charge is 0.375 e. The molecule has 2 N–H and O–H groups in total. The minimum absolute atomic E-state index is 0.181. The number of carbonyl (C=O) groups is 1. The Labute approximate surface area is 117 Å². The van der Waals surface area contributed by atoms with Gasteiger partial charge >= 0.3 is 0 Å². The van der Waals surface area contributed by atoms with Gasteiger partial charge in [-0.25, -0.2) is 0 Å². The van der Waals surface area contributed by atoms with Crippen LogP contribution >= 0.6 is 0 Å². The van der Waals surface area contributed by atoms with Crippen LogP contribution in [-0.2, 0) is 9.53 Å². The summed E-state index contributed by atoms with van der Waals surface area (Å²) in [6.07, 6.45) is 4.07. The first kappa shape index (κ1) is 16.2. The molecule has 1 aliphatic rings. The molecule has 0 aliphatic carbocycles. The van der Waals surface area contributed by atoms with E-state index >= 15 is 0 Å². The number of rotatable bonds is 8. The summed E-state index contributed by atoms with van der Waals surface area (Å²) >= 11 is 0. The maximum Gasteiger partial charge on any atom is 0.227 e. The van der Waals surface area contributed by atoms with Gasteiger partial charge in [0.25, 0.3) is 0 Å². The van der Waals surface area contributed by atoms with Gasteiger partial charge in [0.05, 0.1) is 18.6 Å². The van der Waals surface area contributed by atoms with Gasteiger partial charge in [0, 0.05) is 13.1 Å². The molecule has 1 aliphatic heterocycles. The predicted octanol–water partition coefficient (Wildman–Crippen LogP) is 1.87. The van der Waals surface area contributed by atoms with Gasteiger partial charge in [-0.1, -0.05) is 25.5 Å². The minimum Gasteiger partial charge on any atom is -0.375 e.